The molecule has 1 amide bonds. The molecule has 0 aliphatic carbocycles. The molecule has 9 heteroatoms. The van der Waals surface area contributed by atoms with Crippen molar-refractivity contribution < 1.29 is 22.8 Å². The lowest BCUT2D eigenvalue weighted by molar-refractivity contribution is -0.137. The third-order valence-corrected chi connectivity index (χ3v) is 4.10. The van der Waals surface area contributed by atoms with Crippen molar-refractivity contribution >= 4 is 11.7 Å². The molecule has 0 bridgehead atoms. The fraction of sp³-hybridized carbons (Fsp3) is 0.412. The number of piperidine rings is 1. The van der Waals surface area contributed by atoms with Gasteiger partial charge in [0.25, 0.3) is 0 Å². The minimum absolute atomic E-state index is 0.0963. The molecular weight excluding hydrogens is 349 g/mol. The molecule has 3 N–H and O–H groups in total. The van der Waals surface area contributed by atoms with Crippen molar-refractivity contribution in [1.82, 2.24) is 10.4 Å². The molecule has 1 fully saturated rings. The molecular formula is C17H21F3N4O2. The number of rotatable bonds is 5. The zero-order valence-electron chi connectivity index (χ0n) is 14.3. The first kappa shape index (κ1) is 19.8. The number of aliphatic imine (C=N–C) groups is 1. The van der Waals surface area contributed by atoms with Crippen LogP contribution in [0.2, 0.25) is 0 Å². The molecule has 2 rings (SSSR count). The number of nitrogens with one attached hydrogen (secondary N) is 1. The Morgan fingerprint density at radius 3 is 2.42 bits per heavy atom. The van der Waals surface area contributed by atoms with Crippen LogP contribution in [-0.4, -0.2) is 36.8 Å². The van der Waals surface area contributed by atoms with E-state index in [9.17, 15) is 18.0 Å². The Kier molecular flexibility index (Phi) is 6.62. The molecule has 26 heavy (non-hydrogen) atoms. The van der Waals surface area contributed by atoms with Gasteiger partial charge in [0.05, 0.1) is 12.7 Å². The minimum Gasteiger partial charge on any atom is -0.376 e. The lowest BCUT2D eigenvalue weighted by atomic mass is 9.97. The van der Waals surface area contributed by atoms with Gasteiger partial charge in [0.2, 0.25) is 5.91 Å². The number of alkyl halides is 3. The molecule has 0 radical (unpaired) electrons. The number of nitrogens with zero attached hydrogens (tertiary/aromatic N) is 2. The lowest BCUT2D eigenvalue weighted by Gasteiger charge is -2.29. The number of benzene rings is 1. The average Bonchev–Trinajstić information content (AvgIpc) is 2.61. The normalized spacial score (nSPS) is 16.9. The molecule has 6 nitrogen and oxygen atoms in total. The van der Waals surface area contributed by atoms with E-state index in [4.69, 9.17) is 10.6 Å². The first-order chi connectivity index (χ1) is 12.3. The predicted octanol–water partition coefficient (Wildman–Crippen LogP) is 2.27. The van der Waals surface area contributed by atoms with Gasteiger partial charge in [-0.1, -0.05) is 12.1 Å². The largest absolute Gasteiger partial charge is 0.416 e. The molecule has 0 saturated carbocycles. The van der Waals surface area contributed by atoms with E-state index in [0.29, 0.717) is 31.5 Å². The number of hydrogen-bond donors (Lipinski definition) is 2. The Morgan fingerprint density at radius 2 is 1.92 bits per heavy atom. The van der Waals surface area contributed by atoms with E-state index in [1.54, 1.807) is 6.20 Å². The number of carbonyl (C=O) groups excluding carboxylic acids is 1. The summed E-state index contributed by atoms with van der Waals surface area (Å²) in [4.78, 5) is 22.2. The van der Waals surface area contributed by atoms with Gasteiger partial charge in [-0.3, -0.25) is 9.63 Å². The molecule has 0 unspecified atom stereocenters. The number of halogens is 3. The van der Waals surface area contributed by atoms with E-state index >= 15 is 0 Å². The summed E-state index contributed by atoms with van der Waals surface area (Å²) in [6, 6.07) is 4.61. The summed E-state index contributed by atoms with van der Waals surface area (Å²) < 4.78 is 37.9. The Hall–Kier alpha value is -2.55. The summed E-state index contributed by atoms with van der Waals surface area (Å²) in [5.74, 6) is -0.0916. The van der Waals surface area contributed by atoms with Gasteiger partial charge in [0, 0.05) is 37.0 Å². The van der Waals surface area contributed by atoms with Crippen LogP contribution in [0.4, 0.5) is 13.2 Å². The number of likely N-dealkylation sites (tertiary alicyclic amines) is 1. The smallest absolute Gasteiger partial charge is 0.376 e. The fourth-order valence-electron chi connectivity index (χ4n) is 2.61. The maximum Gasteiger partial charge on any atom is 0.416 e. The third kappa shape index (κ3) is 5.48. The number of nitrogens with two attached hydrogens (primary N) is 1. The standard InChI is InChI=1S/C17H21F3N4O2/c1-26-23-16(13-2-4-14(5-3-13)17(18,19)20)22-8-11-24-9-6-12(7-10-24)15(21)25/h2-5,8,11-12H,6-7,9-10H2,1H3,(H2,21,25)(H,22,23)/b11-8+. The quantitative estimate of drug-likeness (QED) is 0.473. The van der Waals surface area contributed by atoms with Gasteiger partial charge in [-0.2, -0.15) is 13.2 Å². The van der Waals surface area contributed by atoms with Crippen molar-refractivity contribution in [2.45, 2.75) is 19.0 Å². The van der Waals surface area contributed by atoms with Crippen LogP contribution in [0.25, 0.3) is 0 Å². The number of amidine groups is 1. The van der Waals surface area contributed by atoms with E-state index < -0.39 is 11.7 Å². The van der Waals surface area contributed by atoms with Crippen molar-refractivity contribution in [3.63, 3.8) is 0 Å². The zero-order chi connectivity index (χ0) is 19.2. The molecule has 1 aliphatic heterocycles. The summed E-state index contributed by atoms with van der Waals surface area (Å²) in [7, 11) is 1.39. The summed E-state index contributed by atoms with van der Waals surface area (Å²) in [5, 5.41) is 0. The molecule has 1 heterocycles. The van der Waals surface area contributed by atoms with E-state index in [1.165, 1.54) is 25.4 Å². The number of hydroxylamine groups is 1. The summed E-state index contributed by atoms with van der Waals surface area (Å²) >= 11 is 0. The first-order valence-electron chi connectivity index (χ1n) is 8.05. The molecule has 142 valence electrons. The minimum atomic E-state index is -4.39. The van der Waals surface area contributed by atoms with Crippen LogP contribution in [0, 0.1) is 5.92 Å². The molecule has 0 aromatic heterocycles. The monoisotopic (exact) mass is 370 g/mol. The highest BCUT2D eigenvalue weighted by atomic mass is 19.4. The molecule has 0 atom stereocenters. The maximum absolute atomic E-state index is 12.6. The predicted molar refractivity (Wildman–Crippen MR) is 90.8 cm³/mol. The summed E-state index contributed by atoms with van der Waals surface area (Å²) in [5.41, 5.74) is 7.58. The van der Waals surface area contributed by atoms with Crippen LogP contribution in [0.3, 0.4) is 0 Å². The second-order valence-corrected chi connectivity index (χ2v) is 5.87. The molecule has 1 aromatic rings. The van der Waals surface area contributed by atoms with Crippen LogP contribution in [0.15, 0.2) is 41.7 Å². The van der Waals surface area contributed by atoms with Crippen LogP contribution in [0.1, 0.15) is 24.0 Å². The van der Waals surface area contributed by atoms with Gasteiger partial charge in [-0.25, -0.2) is 10.5 Å². The molecule has 0 spiro atoms. The Bertz CT molecular complexity index is 664. The SMILES string of the molecule is CONC(=N/C=C/N1CCC(C(N)=O)CC1)c1ccc(C(F)(F)F)cc1. The van der Waals surface area contributed by atoms with Crippen molar-refractivity contribution in [3.8, 4) is 0 Å². The highest BCUT2D eigenvalue weighted by molar-refractivity contribution is 5.98. The maximum atomic E-state index is 12.6. The second kappa shape index (κ2) is 8.70. The number of carbonyl (C=O) groups is 1. The van der Waals surface area contributed by atoms with Gasteiger partial charge < -0.3 is 10.6 Å². The molecule has 1 aromatic carbocycles. The zero-order valence-corrected chi connectivity index (χ0v) is 14.3. The number of amides is 1. The van der Waals surface area contributed by atoms with E-state index in [-0.39, 0.29) is 17.7 Å². The van der Waals surface area contributed by atoms with Crippen LogP contribution in [-0.2, 0) is 15.8 Å². The Balaban J connectivity index is 2.03. The fourth-order valence-corrected chi connectivity index (χ4v) is 2.61. The van der Waals surface area contributed by atoms with Crippen LogP contribution in [0.5, 0.6) is 0 Å². The van der Waals surface area contributed by atoms with Gasteiger partial charge in [-0.05, 0) is 25.0 Å². The summed E-state index contributed by atoms with van der Waals surface area (Å²) in [6.45, 7) is 1.37. The highest BCUT2D eigenvalue weighted by Crippen LogP contribution is 2.29. The van der Waals surface area contributed by atoms with Crippen LogP contribution < -0.4 is 11.2 Å². The molecule has 1 aliphatic rings. The summed E-state index contributed by atoms with van der Waals surface area (Å²) in [6.07, 6.45) is 0.278. The third-order valence-electron chi connectivity index (χ3n) is 4.10. The average molecular weight is 370 g/mol. The van der Waals surface area contributed by atoms with Gasteiger partial charge in [0.1, 0.15) is 0 Å². The van der Waals surface area contributed by atoms with E-state index in [2.05, 4.69) is 10.5 Å². The van der Waals surface area contributed by atoms with Crippen molar-refractivity contribution in [2.75, 3.05) is 20.2 Å². The van der Waals surface area contributed by atoms with Gasteiger partial charge >= 0.3 is 6.18 Å². The van der Waals surface area contributed by atoms with Crippen molar-refractivity contribution in [1.29, 1.82) is 0 Å². The van der Waals surface area contributed by atoms with E-state index in [1.807, 2.05) is 4.90 Å². The number of hydrogen-bond acceptors (Lipinski definition) is 4. The Labute approximate surface area is 149 Å². The highest BCUT2D eigenvalue weighted by Gasteiger charge is 2.30. The topological polar surface area (TPSA) is 79.9 Å². The van der Waals surface area contributed by atoms with Crippen LogP contribution >= 0.6 is 0 Å². The van der Waals surface area contributed by atoms with Gasteiger partial charge in [-0.15, -0.1) is 0 Å². The van der Waals surface area contributed by atoms with Gasteiger partial charge in [0.15, 0.2) is 5.84 Å². The lowest BCUT2D eigenvalue weighted by Crippen LogP contribution is -2.35. The Morgan fingerprint density at radius 1 is 1.31 bits per heavy atom. The molecule has 1 saturated heterocycles. The van der Waals surface area contributed by atoms with E-state index in [0.717, 1.165) is 12.1 Å². The first-order valence-corrected chi connectivity index (χ1v) is 8.05. The number of primary amides is 1. The van der Waals surface area contributed by atoms with Crippen molar-refractivity contribution in [3.05, 3.63) is 47.8 Å². The van der Waals surface area contributed by atoms with Crippen molar-refractivity contribution in [2.24, 2.45) is 16.6 Å². The second-order valence-electron chi connectivity index (χ2n) is 5.87.